The molecule has 1 rings (SSSR count). The van der Waals surface area contributed by atoms with E-state index in [4.69, 9.17) is 4.74 Å². The van der Waals surface area contributed by atoms with Gasteiger partial charge in [0.1, 0.15) is 5.82 Å². The molecule has 1 aromatic rings. The Morgan fingerprint density at radius 2 is 2.09 bits per heavy atom. The summed E-state index contributed by atoms with van der Waals surface area (Å²) in [6, 6.07) is 4.30. The number of thioether (sulfide) groups is 1. The molecule has 0 aliphatic rings. The molecular formula is C17H24FNO3S. The van der Waals surface area contributed by atoms with E-state index in [-0.39, 0.29) is 17.4 Å². The first-order valence-electron chi connectivity index (χ1n) is 7.68. The maximum Gasteiger partial charge on any atom is 0.230 e. The number of hydrogen-bond donors (Lipinski definition) is 1. The second kappa shape index (κ2) is 10.4. The molecule has 0 atom stereocenters. The number of ketones is 1. The van der Waals surface area contributed by atoms with Gasteiger partial charge >= 0.3 is 0 Å². The molecule has 0 heterocycles. The number of carbonyl (C=O) groups is 2. The third kappa shape index (κ3) is 8.13. The molecule has 1 N–H and O–H groups in total. The van der Waals surface area contributed by atoms with Crippen LogP contribution in [0.1, 0.15) is 37.6 Å². The fraction of sp³-hybridized carbons (Fsp3) is 0.529. The molecule has 1 aromatic carbocycles. The van der Waals surface area contributed by atoms with Crippen LogP contribution in [-0.4, -0.2) is 37.2 Å². The minimum absolute atomic E-state index is 0.142. The first-order valence-corrected chi connectivity index (χ1v) is 8.66. The number of ether oxygens (including phenoxy) is 1. The molecule has 0 saturated carbocycles. The van der Waals surface area contributed by atoms with Crippen LogP contribution in [0.5, 0.6) is 0 Å². The third-order valence-electron chi connectivity index (χ3n) is 2.94. The zero-order valence-corrected chi connectivity index (χ0v) is 14.7. The maximum atomic E-state index is 13.8. The van der Waals surface area contributed by atoms with Gasteiger partial charge in [0.15, 0.2) is 5.78 Å². The van der Waals surface area contributed by atoms with Crippen molar-refractivity contribution >= 4 is 23.5 Å². The van der Waals surface area contributed by atoms with Crippen LogP contribution in [0, 0.1) is 11.7 Å². The zero-order valence-electron chi connectivity index (χ0n) is 13.9. The summed E-state index contributed by atoms with van der Waals surface area (Å²) < 4.78 is 19.2. The third-order valence-corrected chi connectivity index (χ3v) is 3.98. The lowest BCUT2D eigenvalue weighted by Gasteiger charge is -2.08. The van der Waals surface area contributed by atoms with Gasteiger partial charge in [-0.05, 0) is 31.4 Å². The van der Waals surface area contributed by atoms with E-state index in [1.54, 1.807) is 6.07 Å². The quantitative estimate of drug-likeness (QED) is 0.403. The predicted molar refractivity (Wildman–Crippen MR) is 90.4 cm³/mol. The van der Waals surface area contributed by atoms with Crippen molar-refractivity contribution in [2.45, 2.75) is 32.1 Å². The molecule has 0 aliphatic heterocycles. The van der Waals surface area contributed by atoms with E-state index >= 15 is 0 Å². The van der Waals surface area contributed by atoms with Gasteiger partial charge < -0.3 is 10.1 Å². The number of hydrogen-bond acceptors (Lipinski definition) is 4. The summed E-state index contributed by atoms with van der Waals surface area (Å²) >= 11 is 1.12. The molecule has 0 unspecified atom stereocenters. The van der Waals surface area contributed by atoms with E-state index < -0.39 is 5.82 Å². The summed E-state index contributed by atoms with van der Waals surface area (Å²) in [5.41, 5.74) is 0.331. The summed E-state index contributed by atoms with van der Waals surface area (Å²) in [5.74, 6) is -0.155. The van der Waals surface area contributed by atoms with Gasteiger partial charge in [-0.3, -0.25) is 9.59 Å². The smallest absolute Gasteiger partial charge is 0.230 e. The van der Waals surface area contributed by atoms with Crippen molar-refractivity contribution in [3.8, 4) is 0 Å². The molecule has 0 fully saturated rings. The summed E-state index contributed by atoms with van der Waals surface area (Å²) in [6.45, 7) is 7.44. The van der Waals surface area contributed by atoms with E-state index in [0.717, 1.165) is 24.8 Å². The first-order chi connectivity index (χ1) is 10.9. The minimum Gasteiger partial charge on any atom is -0.381 e. The molecule has 0 aromatic heterocycles. The van der Waals surface area contributed by atoms with Crippen molar-refractivity contribution in [2.75, 3.05) is 25.5 Å². The molecule has 0 spiro atoms. The molecule has 6 heteroatoms. The van der Waals surface area contributed by atoms with Crippen LogP contribution in [0.25, 0.3) is 0 Å². The van der Waals surface area contributed by atoms with Crippen LogP contribution < -0.4 is 5.32 Å². The molecule has 0 aliphatic carbocycles. The number of nitrogens with one attached hydrogen (secondary N) is 1. The summed E-state index contributed by atoms with van der Waals surface area (Å²) in [7, 11) is 0. The Hall–Kier alpha value is -1.40. The predicted octanol–water partition coefficient (Wildman–Crippen LogP) is 3.30. The number of Topliss-reactive ketones (excluding diaryl/α,β-unsaturated/α-hetero) is 1. The highest BCUT2D eigenvalue weighted by molar-refractivity contribution is 8.00. The molecule has 0 radical (unpaired) electrons. The van der Waals surface area contributed by atoms with Crippen LogP contribution in [0.3, 0.4) is 0 Å². The van der Waals surface area contributed by atoms with Crippen LogP contribution in [0.4, 0.5) is 4.39 Å². The van der Waals surface area contributed by atoms with Crippen LogP contribution in [-0.2, 0) is 9.53 Å². The lowest BCUT2D eigenvalue weighted by molar-refractivity contribution is -0.118. The number of amides is 1. The van der Waals surface area contributed by atoms with Gasteiger partial charge in [0, 0.05) is 30.2 Å². The van der Waals surface area contributed by atoms with Crippen molar-refractivity contribution in [3.63, 3.8) is 0 Å². The molecule has 0 saturated heterocycles. The average molecular weight is 341 g/mol. The number of halogens is 1. The number of benzene rings is 1. The average Bonchev–Trinajstić information content (AvgIpc) is 2.49. The Kier molecular flexibility index (Phi) is 8.87. The first kappa shape index (κ1) is 19.6. The summed E-state index contributed by atoms with van der Waals surface area (Å²) in [6.07, 6.45) is 0.755. The van der Waals surface area contributed by atoms with Crippen molar-refractivity contribution in [2.24, 2.45) is 5.92 Å². The van der Waals surface area contributed by atoms with Gasteiger partial charge in [-0.15, -0.1) is 11.8 Å². The van der Waals surface area contributed by atoms with E-state index in [9.17, 15) is 14.0 Å². The zero-order chi connectivity index (χ0) is 17.2. The Morgan fingerprint density at radius 1 is 1.35 bits per heavy atom. The van der Waals surface area contributed by atoms with Crippen LogP contribution >= 0.6 is 11.8 Å². The van der Waals surface area contributed by atoms with Gasteiger partial charge in [-0.25, -0.2) is 4.39 Å². The van der Waals surface area contributed by atoms with Gasteiger partial charge in [0.2, 0.25) is 5.91 Å². The van der Waals surface area contributed by atoms with Crippen molar-refractivity contribution in [3.05, 3.63) is 29.6 Å². The highest BCUT2D eigenvalue weighted by atomic mass is 32.2. The van der Waals surface area contributed by atoms with E-state index in [1.165, 1.54) is 19.1 Å². The lowest BCUT2D eigenvalue weighted by Crippen LogP contribution is -2.27. The van der Waals surface area contributed by atoms with Crippen LogP contribution in [0.2, 0.25) is 0 Å². The van der Waals surface area contributed by atoms with Gasteiger partial charge in [0.25, 0.3) is 0 Å². The SMILES string of the molecule is CC(=O)c1ccc(SCC(=O)NCCCOCC(C)C)c(F)c1. The molecule has 0 bridgehead atoms. The van der Waals surface area contributed by atoms with E-state index in [2.05, 4.69) is 19.2 Å². The minimum atomic E-state index is -0.474. The fourth-order valence-corrected chi connectivity index (χ4v) is 2.50. The summed E-state index contributed by atoms with van der Waals surface area (Å²) in [5, 5.41) is 2.77. The van der Waals surface area contributed by atoms with Gasteiger partial charge in [0.05, 0.1) is 5.75 Å². The monoisotopic (exact) mass is 341 g/mol. The number of rotatable bonds is 10. The standard InChI is InChI=1S/C17H24FNO3S/c1-12(2)10-22-8-4-7-19-17(21)11-23-16-6-5-14(13(3)20)9-15(16)18/h5-6,9,12H,4,7-8,10-11H2,1-3H3,(H,19,21). The second-order valence-electron chi connectivity index (χ2n) is 5.66. The molecule has 23 heavy (non-hydrogen) atoms. The second-order valence-corrected chi connectivity index (χ2v) is 6.68. The Bertz CT molecular complexity index is 535. The van der Waals surface area contributed by atoms with Crippen molar-refractivity contribution < 1.29 is 18.7 Å². The van der Waals surface area contributed by atoms with E-state index in [1.807, 2.05) is 0 Å². The fourth-order valence-electron chi connectivity index (χ4n) is 1.75. The highest BCUT2D eigenvalue weighted by Gasteiger charge is 2.09. The van der Waals surface area contributed by atoms with Crippen molar-refractivity contribution in [1.82, 2.24) is 5.32 Å². The molecule has 1 amide bonds. The topological polar surface area (TPSA) is 55.4 Å². The number of carbonyl (C=O) groups excluding carboxylic acids is 2. The normalized spacial score (nSPS) is 10.8. The van der Waals surface area contributed by atoms with Gasteiger partial charge in [-0.2, -0.15) is 0 Å². The van der Waals surface area contributed by atoms with E-state index in [0.29, 0.717) is 29.5 Å². The highest BCUT2D eigenvalue weighted by Crippen LogP contribution is 2.22. The lowest BCUT2D eigenvalue weighted by atomic mass is 10.1. The van der Waals surface area contributed by atoms with Crippen LogP contribution in [0.15, 0.2) is 23.1 Å². The van der Waals surface area contributed by atoms with Crippen molar-refractivity contribution in [1.29, 1.82) is 0 Å². The largest absolute Gasteiger partial charge is 0.381 e. The Morgan fingerprint density at radius 3 is 2.70 bits per heavy atom. The summed E-state index contributed by atoms with van der Waals surface area (Å²) in [4.78, 5) is 23.2. The van der Waals surface area contributed by atoms with Gasteiger partial charge in [-0.1, -0.05) is 19.9 Å². The molecule has 4 nitrogen and oxygen atoms in total. The Balaban J connectivity index is 2.24. The Labute approximate surface area is 141 Å². The molecular weight excluding hydrogens is 317 g/mol. The molecule has 128 valence electrons. The maximum absolute atomic E-state index is 13.8.